The van der Waals surface area contributed by atoms with E-state index in [0.29, 0.717) is 17.1 Å². The molecule has 0 aliphatic heterocycles. The first kappa shape index (κ1) is 23.1. The van der Waals surface area contributed by atoms with Gasteiger partial charge in [-0.1, -0.05) is 0 Å². The Kier molecular flexibility index (Phi) is 6.81. The molecule has 13 heteroatoms. The highest BCUT2D eigenvalue weighted by Crippen LogP contribution is 2.34. The third kappa shape index (κ3) is 5.39. The first-order chi connectivity index (χ1) is 15.7. The summed E-state index contributed by atoms with van der Waals surface area (Å²) < 4.78 is 38.6. The third-order valence-corrected chi connectivity index (χ3v) is 4.23. The molecule has 0 aliphatic carbocycles. The minimum absolute atomic E-state index is 0.00612. The van der Waals surface area contributed by atoms with E-state index in [0.717, 1.165) is 18.3 Å². The summed E-state index contributed by atoms with van der Waals surface area (Å²) in [6.07, 6.45) is 0.867. The Balaban J connectivity index is 1.95. The number of nitro groups is 1. The number of amides is 1. The standard InChI is InChI=1S/C20H18F2N6O5/c1-10(29)24-11-4-5-17(32-2)14(6-11)25-19-13(22)9-23-20(27-19)26-15-8-16(28(30)31)12(21)7-18(15)33-3/h4-9H,1-3H3,(H,24,29)(H2,23,25,26,27). The molecule has 0 unspecified atom stereocenters. The van der Waals surface area contributed by atoms with Crippen LogP contribution in [0.25, 0.3) is 0 Å². The van der Waals surface area contributed by atoms with Crippen molar-refractivity contribution in [3.8, 4) is 11.5 Å². The number of nitrogens with one attached hydrogen (secondary N) is 3. The van der Waals surface area contributed by atoms with Crippen LogP contribution in [-0.2, 0) is 4.79 Å². The van der Waals surface area contributed by atoms with E-state index in [1.54, 1.807) is 12.1 Å². The van der Waals surface area contributed by atoms with E-state index in [1.165, 1.54) is 27.2 Å². The van der Waals surface area contributed by atoms with E-state index in [1.807, 2.05) is 0 Å². The number of rotatable bonds is 8. The molecular weight excluding hydrogens is 442 g/mol. The highest BCUT2D eigenvalue weighted by molar-refractivity contribution is 5.90. The molecule has 0 fully saturated rings. The Morgan fingerprint density at radius 2 is 1.73 bits per heavy atom. The summed E-state index contributed by atoms with van der Waals surface area (Å²) >= 11 is 0. The average molecular weight is 460 g/mol. The van der Waals surface area contributed by atoms with Crippen molar-refractivity contribution in [1.29, 1.82) is 0 Å². The van der Waals surface area contributed by atoms with Crippen LogP contribution >= 0.6 is 0 Å². The number of anilines is 5. The second-order valence-corrected chi connectivity index (χ2v) is 6.50. The second kappa shape index (κ2) is 9.72. The largest absolute Gasteiger partial charge is 0.495 e. The molecule has 1 amide bonds. The normalized spacial score (nSPS) is 10.3. The van der Waals surface area contributed by atoms with Gasteiger partial charge in [-0.25, -0.2) is 9.37 Å². The summed E-state index contributed by atoms with van der Waals surface area (Å²) in [6.45, 7) is 1.34. The summed E-state index contributed by atoms with van der Waals surface area (Å²) in [5, 5.41) is 19.1. The lowest BCUT2D eigenvalue weighted by Crippen LogP contribution is -2.08. The van der Waals surface area contributed by atoms with Crippen molar-refractivity contribution in [3.63, 3.8) is 0 Å². The Labute approximate surface area is 185 Å². The van der Waals surface area contributed by atoms with Gasteiger partial charge in [0.2, 0.25) is 17.7 Å². The molecule has 2 aromatic carbocycles. The van der Waals surface area contributed by atoms with Crippen LogP contribution in [0.2, 0.25) is 0 Å². The Morgan fingerprint density at radius 3 is 2.36 bits per heavy atom. The van der Waals surface area contributed by atoms with Gasteiger partial charge in [-0.2, -0.15) is 9.37 Å². The van der Waals surface area contributed by atoms with Gasteiger partial charge in [-0.05, 0) is 18.2 Å². The highest BCUT2D eigenvalue weighted by Gasteiger charge is 2.20. The van der Waals surface area contributed by atoms with E-state index >= 15 is 0 Å². The number of carbonyl (C=O) groups excluding carboxylic acids is 1. The minimum atomic E-state index is -1.09. The lowest BCUT2D eigenvalue weighted by molar-refractivity contribution is -0.387. The zero-order valence-corrected chi connectivity index (χ0v) is 17.6. The number of benzene rings is 2. The quantitative estimate of drug-likeness (QED) is 0.334. The molecule has 3 aromatic rings. The maximum atomic E-state index is 14.4. The topological polar surface area (TPSA) is 141 Å². The molecule has 0 radical (unpaired) electrons. The second-order valence-electron chi connectivity index (χ2n) is 6.50. The molecule has 0 saturated heterocycles. The van der Waals surface area contributed by atoms with Crippen LogP contribution in [0.4, 0.5) is 43.3 Å². The van der Waals surface area contributed by atoms with Gasteiger partial charge in [0.05, 0.1) is 36.7 Å². The average Bonchev–Trinajstić information content (AvgIpc) is 2.76. The van der Waals surface area contributed by atoms with E-state index in [9.17, 15) is 23.7 Å². The highest BCUT2D eigenvalue weighted by atomic mass is 19.1. The van der Waals surface area contributed by atoms with Gasteiger partial charge >= 0.3 is 5.69 Å². The smallest absolute Gasteiger partial charge is 0.307 e. The van der Waals surface area contributed by atoms with Gasteiger partial charge in [-0.3, -0.25) is 14.9 Å². The van der Waals surface area contributed by atoms with E-state index in [4.69, 9.17) is 9.47 Å². The lowest BCUT2D eigenvalue weighted by Gasteiger charge is -2.14. The first-order valence-electron chi connectivity index (χ1n) is 9.26. The molecule has 0 atom stereocenters. The van der Waals surface area contributed by atoms with Gasteiger partial charge in [-0.15, -0.1) is 0 Å². The lowest BCUT2D eigenvalue weighted by atomic mass is 10.2. The van der Waals surface area contributed by atoms with Gasteiger partial charge in [0.15, 0.2) is 11.6 Å². The maximum absolute atomic E-state index is 14.4. The maximum Gasteiger partial charge on any atom is 0.307 e. The van der Waals surface area contributed by atoms with E-state index in [2.05, 4.69) is 25.9 Å². The minimum Gasteiger partial charge on any atom is -0.495 e. The predicted octanol–water partition coefficient (Wildman–Crippen LogP) is 4.13. The molecule has 0 saturated carbocycles. The molecule has 0 aliphatic rings. The van der Waals surface area contributed by atoms with E-state index < -0.39 is 22.2 Å². The molecule has 0 bridgehead atoms. The SMILES string of the molecule is COc1cc(F)c([N+](=O)[O-])cc1Nc1ncc(F)c(Nc2cc(NC(C)=O)ccc2OC)n1. The van der Waals surface area contributed by atoms with E-state index in [-0.39, 0.29) is 29.1 Å². The number of hydrogen-bond donors (Lipinski definition) is 3. The molecule has 1 aromatic heterocycles. The molecule has 33 heavy (non-hydrogen) atoms. The number of nitro benzene ring substituents is 1. The predicted molar refractivity (Wildman–Crippen MR) is 115 cm³/mol. The number of carbonyl (C=O) groups is 1. The van der Waals surface area contributed by atoms with Crippen molar-refractivity contribution in [2.24, 2.45) is 0 Å². The fourth-order valence-electron chi connectivity index (χ4n) is 2.80. The van der Waals surface area contributed by atoms with Crippen LogP contribution in [0.1, 0.15) is 6.92 Å². The molecule has 172 valence electrons. The Morgan fingerprint density at radius 1 is 1.03 bits per heavy atom. The van der Waals surface area contributed by atoms with Crippen molar-refractivity contribution in [2.75, 3.05) is 30.2 Å². The van der Waals surface area contributed by atoms with Crippen molar-refractivity contribution >= 4 is 40.4 Å². The molecule has 1 heterocycles. The van der Waals surface area contributed by atoms with Gasteiger partial charge in [0.1, 0.15) is 11.5 Å². The number of aromatic nitrogens is 2. The summed E-state index contributed by atoms with van der Waals surface area (Å²) in [7, 11) is 2.66. The van der Waals surface area contributed by atoms with Crippen LogP contribution in [0, 0.1) is 21.7 Å². The third-order valence-electron chi connectivity index (χ3n) is 4.23. The Hall–Kier alpha value is -4.55. The van der Waals surface area contributed by atoms with Crippen molar-refractivity contribution in [2.45, 2.75) is 6.92 Å². The molecule has 0 spiro atoms. The van der Waals surface area contributed by atoms with Crippen LogP contribution in [0.15, 0.2) is 36.5 Å². The summed E-state index contributed by atoms with van der Waals surface area (Å²) in [5.74, 6) is -2.33. The van der Waals surface area contributed by atoms with Gasteiger partial charge in [0.25, 0.3) is 0 Å². The number of halogens is 2. The van der Waals surface area contributed by atoms with Crippen LogP contribution < -0.4 is 25.4 Å². The van der Waals surface area contributed by atoms with Gasteiger partial charge in [0, 0.05) is 24.7 Å². The van der Waals surface area contributed by atoms with Gasteiger partial charge < -0.3 is 25.4 Å². The molecule has 3 rings (SSSR count). The molecule has 3 N–H and O–H groups in total. The van der Waals surface area contributed by atoms with Crippen LogP contribution in [0.3, 0.4) is 0 Å². The van der Waals surface area contributed by atoms with Crippen molar-refractivity contribution < 1.29 is 28.0 Å². The number of nitrogens with zero attached hydrogens (tertiary/aromatic N) is 3. The summed E-state index contributed by atoms with van der Waals surface area (Å²) in [6, 6.07) is 6.42. The molecule has 11 nitrogen and oxygen atoms in total. The summed E-state index contributed by atoms with van der Waals surface area (Å²) in [4.78, 5) is 29.3. The number of ether oxygens (including phenoxy) is 2. The van der Waals surface area contributed by atoms with Crippen LogP contribution in [0.5, 0.6) is 11.5 Å². The number of methoxy groups -OCH3 is 2. The number of hydrogen-bond acceptors (Lipinski definition) is 9. The zero-order chi connectivity index (χ0) is 24.1. The van der Waals surface area contributed by atoms with Crippen LogP contribution in [-0.4, -0.2) is 35.0 Å². The first-order valence-corrected chi connectivity index (χ1v) is 9.26. The Bertz CT molecular complexity index is 1220. The monoisotopic (exact) mass is 460 g/mol. The fraction of sp³-hybridized carbons (Fsp3) is 0.150. The zero-order valence-electron chi connectivity index (χ0n) is 17.6. The fourth-order valence-corrected chi connectivity index (χ4v) is 2.80. The van der Waals surface area contributed by atoms with Crippen molar-refractivity contribution in [3.05, 3.63) is 58.3 Å². The molecular formula is C20H18F2N6O5. The summed E-state index contributed by atoms with van der Waals surface area (Å²) in [5.41, 5.74) is -0.0732. The van der Waals surface area contributed by atoms with Crippen molar-refractivity contribution in [1.82, 2.24) is 9.97 Å².